The lowest BCUT2D eigenvalue weighted by molar-refractivity contribution is 0.0999. The number of hydrogen-bond acceptors (Lipinski definition) is 3. The summed E-state index contributed by atoms with van der Waals surface area (Å²) < 4.78 is 10.9. The molecule has 0 aromatic heterocycles. The molecule has 4 nitrogen and oxygen atoms in total. The number of nitrogens with two attached hydrogens (primary N) is 1. The molecule has 0 radical (unpaired) electrons. The zero-order valence-corrected chi connectivity index (χ0v) is 10.6. The van der Waals surface area contributed by atoms with Gasteiger partial charge in [0.2, 0.25) is 5.91 Å². The van der Waals surface area contributed by atoms with Crippen LogP contribution in [0.3, 0.4) is 0 Å². The Morgan fingerprint density at radius 1 is 1.33 bits per heavy atom. The Morgan fingerprint density at radius 3 is 2.56 bits per heavy atom. The smallest absolute Gasteiger partial charge is 0.248 e. The zero-order valence-electron chi connectivity index (χ0n) is 10.6. The first kappa shape index (κ1) is 14.1. The van der Waals surface area contributed by atoms with Gasteiger partial charge >= 0.3 is 0 Å². The fraction of sp³-hybridized carbons (Fsp3) is 0.357. The second-order valence-electron chi connectivity index (χ2n) is 3.86. The van der Waals surface area contributed by atoms with Gasteiger partial charge < -0.3 is 15.2 Å². The largest absolute Gasteiger partial charge is 0.493 e. The van der Waals surface area contributed by atoms with E-state index in [0.29, 0.717) is 30.3 Å². The van der Waals surface area contributed by atoms with Crippen LogP contribution in [-0.2, 0) is 0 Å². The van der Waals surface area contributed by atoms with E-state index in [-0.39, 0.29) is 0 Å². The summed E-state index contributed by atoms with van der Waals surface area (Å²) in [6.07, 6.45) is 3.65. The Morgan fingerprint density at radius 2 is 2.00 bits per heavy atom. The van der Waals surface area contributed by atoms with E-state index in [1.807, 2.05) is 0 Å². The lowest BCUT2D eigenvalue weighted by atomic mass is 10.2. The normalized spacial score (nSPS) is 9.83. The minimum Gasteiger partial charge on any atom is -0.493 e. The molecule has 4 heteroatoms. The van der Waals surface area contributed by atoms with Crippen molar-refractivity contribution in [2.24, 2.45) is 5.73 Å². The van der Waals surface area contributed by atoms with Crippen LogP contribution in [-0.4, -0.2) is 19.1 Å². The molecule has 0 unspecified atom stereocenters. The van der Waals surface area contributed by atoms with E-state index in [4.69, 9.17) is 15.2 Å². The van der Waals surface area contributed by atoms with E-state index in [1.54, 1.807) is 24.3 Å². The summed E-state index contributed by atoms with van der Waals surface area (Å²) in [6.45, 7) is 6.64. The van der Waals surface area contributed by atoms with E-state index in [2.05, 4.69) is 13.5 Å². The van der Waals surface area contributed by atoms with E-state index in [0.717, 1.165) is 12.8 Å². The van der Waals surface area contributed by atoms with Crippen LogP contribution >= 0.6 is 0 Å². The number of carbonyl (C=O) groups excluding carboxylic acids is 1. The van der Waals surface area contributed by atoms with Crippen LogP contribution < -0.4 is 15.2 Å². The van der Waals surface area contributed by atoms with Crippen LogP contribution in [0.4, 0.5) is 0 Å². The summed E-state index contributed by atoms with van der Waals surface area (Å²) >= 11 is 0. The standard InChI is InChI=1S/C14H19NO3/c1-3-5-7-18-13-9-11(14(15)16)8-12(10-13)17-6-4-2/h4,8-10H,2-3,5-7H2,1H3,(H2,15,16). The number of unbranched alkanes of at least 4 members (excludes halogenated alkanes) is 1. The molecule has 98 valence electrons. The average Bonchev–Trinajstić information content (AvgIpc) is 2.36. The highest BCUT2D eigenvalue weighted by Crippen LogP contribution is 2.23. The third-order valence-corrected chi connectivity index (χ3v) is 2.30. The van der Waals surface area contributed by atoms with Gasteiger partial charge in [-0.1, -0.05) is 26.0 Å². The van der Waals surface area contributed by atoms with Crippen LogP contribution in [0.1, 0.15) is 30.1 Å². The lowest BCUT2D eigenvalue weighted by Gasteiger charge is -2.10. The van der Waals surface area contributed by atoms with Gasteiger partial charge in [-0.2, -0.15) is 0 Å². The third-order valence-electron chi connectivity index (χ3n) is 2.30. The molecule has 1 amide bonds. The van der Waals surface area contributed by atoms with Gasteiger partial charge in [-0.3, -0.25) is 4.79 Å². The summed E-state index contributed by atoms with van der Waals surface area (Å²) in [5.74, 6) is 0.649. The summed E-state index contributed by atoms with van der Waals surface area (Å²) in [5.41, 5.74) is 5.64. The first-order valence-corrected chi connectivity index (χ1v) is 5.98. The van der Waals surface area contributed by atoms with Gasteiger partial charge in [-0.15, -0.1) is 0 Å². The van der Waals surface area contributed by atoms with Crippen molar-refractivity contribution in [1.82, 2.24) is 0 Å². The SMILES string of the molecule is C=CCOc1cc(OCCCC)cc(C(N)=O)c1. The molecule has 0 bridgehead atoms. The van der Waals surface area contributed by atoms with Gasteiger partial charge in [0.25, 0.3) is 0 Å². The first-order valence-electron chi connectivity index (χ1n) is 5.98. The second kappa shape index (κ2) is 7.37. The Hall–Kier alpha value is -1.97. The molecule has 0 aliphatic rings. The fourth-order valence-electron chi connectivity index (χ4n) is 1.37. The van der Waals surface area contributed by atoms with Crippen molar-refractivity contribution < 1.29 is 14.3 Å². The molecule has 2 N–H and O–H groups in total. The summed E-state index contributed by atoms with van der Waals surface area (Å²) in [7, 11) is 0. The molecule has 0 aliphatic heterocycles. The Bertz CT molecular complexity index is 416. The molecule has 0 spiro atoms. The second-order valence-corrected chi connectivity index (χ2v) is 3.86. The molecule has 0 heterocycles. The van der Waals surface area contributed by atoms with Crippen LogP contribution in [0.15, 0.2) is 30.9 Å². The molecule has 1 rings (SSSR count). The maximum atomic E-state index is 11.2. The molecular formula is C14H19NO3. The number of benzene rings is 1. The highest BCUT2D eigenvalue weighted by molar-refractivity contribution is 5.93. The number of ether oxygens (including phenoxy) is 2. The average molecular weight is 249 g/mol. The maximum absolute atomic E-state index is 11.2. The van der Waals surface area contributed by atoms with Gasteiger partial charge in [-0.25, -0.2) is 0 Å². The van der Waals surface area contributed by atoms with Crippen LogP contribution in [0, 0.1) is 0 Å². The first-order chi connectivity index (χ1) is 8.67. The number of primary amides is 1. The summed E-state index contributed by atoms with van der Waals surface area (Å²) in [6, 6.07) is 4.96. The van der Waals surface area contributed by atoms with E-state index in [1.165, 1.54) is 0 Å². The Kier molecular flexibility index (Phi) is 5.77. The molecule has 18 heavy (non-hydrogen) atoms. The minimum atomic E-state index is -0.501. The molecular weight excluding hydrogens is 230 g/mol. The highest BCUT2D eigenvalue weighted by Gasteiger charge is 2.07. The minimum absolute atomic E-state index is 0.372. The van der Waals surface area contributed by atoms with Crippen LogP contribution in [0.2, 0.25) is 0 Å². The van der Waals surface area contributed by atoms with Crippen molar-refractivity contribution in [3.8, 4) is 11.5 Å². The van der Waals surface area contributed by atoms with Crippen LogP contribution in [0.5, 0.6) is 11.5 Å². The van der Waals surface area contributed by atoms with Crippen LogP contribution in [0.25, 0.3) is 0 Å². The van der Waals surface area contributed by atoms with Gasteiger partial charge in [0.15, 0.2) is 0 Å². The number of hydrogen-bond donors (Lipinski definition) is 1. The van der Waals surface area contributed by atoms with Crippen molar-refractivity contribution >= 4 is 5.91 Å². The topological polar surface area (TPSA) is 61.6 Å². The Balaban J connectivity index is 2.83. The molecule has 0 saturated carbocycles. The number of amides is 1. The van der Waals surface area contributed by atoms with Crippen molar-refractivity contribution in [3.63, 3.8) is 0 Å². The van der Waals surface area contributed by atoms with Crippen molar-refractivity contribution in [3.05, 3.63) is 36.4 Å². The lowest BCUT2D eigenvalue weighted by Crippen LogP contribution is -2.11. The van der Waals surface area contributed by atoms with Crippen molar-refractivity contribution in [2.75, 3.05) is 13.2 Å². The van der Waals surface area contributed by atoms with E-state index < -0.39 is 5.91 Å². The number of rotatable bonds is 8. The predicted molar refractivity (Wildman–Crippen MR) is 71.1 cm³/mol. The highest BCUT2D eigenvalue weighted by atomic mass is 16.5. The van der Waals surface area contributed by atoms with Gasteiger partial charge in [0.05, 0.1) is 6.61 Å². The van der Waals surface area contributed by atoms with Gasteiger partial charge in [0.1, 0.15) is 18.1 Å². The monoisotopic (exact) mass is 249 g/mol. The van der Waals surface area contributed by atoms with E-state index >= 15 is 0 Å². The zero-order chi connectivity index (χ0) is 13.4. The third kappa shape index (κ3) is 4.49. The molecule has 1 aromatic carbocycles. The van der Waals surface area contributed by atoms with Crippen molar-refractivity contribution in [2.45, 2.75) is 19.8 Å². The predicted octanol–water partition coefficient (Wildman–Crippen LogP) is 2.53. The molecule has 0 aliphatic carbocycles. The molecule has 0 saturated heterocycles. The number of carbonyl (C=O) groups is 1. The quantitative estimate of drug-likeness (QED) is 0.569. The molecule has 0 atom stereocenters. The Labute approximate surface area is 107 Å². The van der Waals surface area contributed by atoms with Gasteiger partial charge in [0, 0.05) is 11.6 Å². The molecule has 0 fully saturated rings. The molecule has 1 aromatic rings. The summed E-state index contributed by atoms with van der Waals surface area (Å²) in [4.78, 5) is 11.2. The van der Waals surface area contributed by atoms with Gasteiger partial charge in [-0.05, 0) is 18.6 Å². The maximum Gasteiger partial charge on any atom is 0.248 e. The van der Waals surface area contributed by atoms with Crippen molar-refractivity contribution in [1.29, 1.82) is 0 Å². The fourth-order valence-corrected chi connectivity index (χ4v) is 1.37. The van der Waals surface area contributed by atoms with E-state index in [9.17, 15) is 4.79 Å². The summed E-state index contributed by atoms with van der Waals surface area (Å²) in [5, 5.41) is 0.